The zero-order chi connectivity index (χ0) is 14.9. The van der Waals surface area contributed by atoms with Crippen LogP contribution in [0, 0.1) is 20.8 Å². The van der Waals surface area contributed by atoms with Gasteiger partial charge in [-0.1, -0.05) is 23.7 Å². The number of rotatable bonds is 3. The van der Waals surface area contributed by atoms with Crippen LogP contribution in [0.2, 0.25) is 5.02 Å². The molecule has 0 radical (unpaired) electrons. The summed E-state index contributed by atoms with van der Waals surface area (Å²) in [6.45, 7) is 5.74. The molecule has 0 aliphatic rings. The van der Waals surface area contributed by atoms with E-state index in [0.717, 1.165) is 22.4 Å². The molecule has 0 spiro atoms. The largest absolute Gasteiger partial charge is 0.496 e. The van der Waals surface area contributed by atoms with Crippen LogP contribution in [-0.4, -0.2) is 12.9 Å². The smallest absolute Gasteiger partial charge is 0.193 e. The molecular weight excluding hydrogens is 272 g/mol. The number of hydrogen-bond acceptors (Lipinski definition) is 2. The van der Waals surface area contributed by atoms with E-state index in [0.29, 0.717) is 16.1 Å². The molecule has 0 unspecified atom stereocenters. The summed E-state index contributed by atoms with van der Waals surface area (Å²) in [7, 11) is 1.64. The number of ether oxygens (including phenoxy) is 1. The van der Waals surface area contributed by atoms with Gasteiger partial charge < -0.3 is 4.74 Å². The molecule has 0 heterocycles. The molecule has 0 aliphatic heterocycles. The van der Waals surface area contributed by atoms with E-state index < -0.39 is 0 Å². The van der Waals surface area contributed by atoms with E-state index in [2.05, 4.69) is 0 Å². The van der Waals surface area contributed by atoms with Gasteiger partial charge in [0.1, 0.15) is 5.75 Å². The van der Waals surface area contributed by atoms with Crippen molar-refractivity contribution in [3.05, 3.63) is 63.2 Å². The third-order valence-corrected chi connectivity index (χ3v) is 3.85. The highest BCUT2D eigenvalue weighted by atomic mass is 35.5. The lowest BCUT2D eigenvalue weighted by Crippen LogP contribution is -2.05. The molecule has 2 aromatic carbocycles. The van der Waals surface area contributed by atoms with E-state index in [1.807, 2.05) is 32.9 Å². The third kappa shape index (κ3) is 2.56. The number of benzene rings is 2. The standard InChI is InChI=1S/C17H17ClO2/c1-10-8-13(9-11(2)17(10)20-4)16(19)14-6-5-7-15(18)12(14)3/h5-9H,1-4H3. The molecule has 0 bridgehead atoms. The quantitative estimate of drug-likeness (QED) is 0.777. The second kappa shape index (κ2) is 5.68. The van der Waals surface area contributed by atoms with Crippen molar-refractivity contribution >= 4 is 17.4 Å². The van der Waals surface area contributed by atoms with E-state index in [1.54, 1.807) is 25.3 Å². The molecule has 104 valence electrons. The van der Waals surface area contributed by atoms with Gasteiger partial charge >= 0.3 is 0 Å². The van der Waals surface area contributed by atoms with Gasteiger partial charge in [-0.05, 0) is 55.7 Å². The second-order valence-corrected chi connectivity index (χ2v) is 5.29. The van der Waals surface area contributed by atoms with E-state index in [-0.39, 0.29) is 5.78 Å². The number of carbonyl (C=O) groups excluding carboxylic acids is 1. The van der Waals surface area contributed by atoms with Gasteiger partial charge in [0.2, 0.25) is 0 Å². The fourth-order valence-electron chi connectivity index (χ4n) is 2.41. The van der Waals surface area contributed by atoms with Crippen LogP contribution in [0.5, 0.6) is 5.75 Å². The number of methoxy groups -OCH3 is 1. The lowest BCUT2D eigenvalue weighted by molar-refractivity contribution is 0.103. The van der Waals surface area contributed by atoms with Crippen molar-refractivity contribution in [2.75, 3.05) is 7.11 Å². The Labute approximate surface area is 124 Å². The lowest BCUT2D eigenvalue weighted by atomic mass is 9.96. The Hall–Kier alpha value is -1.80. The topological polar surface area (TPSA) is 26.3 Å². The van der Waals surface area contributed by atoms with Crippen LogP contribution in [0.4, 0.5) is 0 Å². The number of halogens is 1. The highest BCUT2D eigenvalue weighted by Crippen LogP contribution is 2.27. The van der Waals surface area contributed by atoms with E-state index in [1.165, 1.54) is 0 Å². The fraction of sp³-hybridized carbons (Fsp3) is 0.235. The van der Waals surface area contributed by atoms with Gasteiger partial charge in [0.05, 0.1) is 7.11 Å². The first-order valence-corrected chi connectivity index (χ1v) is 6.78. The zero-order valence-corrected chi connectivity index (χ0v) is 12.8. The van der Waals surface area contributed by atoms with Crippen LogP contribution < -0.4 is 4.74 Å². The Morgan fingerprint density at radius 2 is 1.70 bits per heavy atom. The monoisotopic (exact) mass is 288 g/mol. The summed E-state index contributed by atoms with van der Waals surface area (Å²) >= 11 is 6.08. The molecule has 0 N–H and O–H groups in total. The van der Waals surface area contributed by atoms with Crippen LogP contribution in [0.1, 0.15) is 32.6 Å². The average molecular weight is 289 g/mol. The minimum atomic E-state index is -0.0150. The summed E-state index contributed by atoms with van der Waals surface area (Å²) in [6.07, 6.45) is 0. The number of aryl methyl sites for hydroxylation is 2. The van der Waals surface area contributed by atoms with Crippen molar-refractivity contribution < 1.29 is 9.53 Å². The normalized spacial score (nSPS) is 10.4. The van der Waals surface area contributed by atoms with Gasteiger partial charge in [0.25, 0.3) is 0 Å². The average Bonchev–Trinajstić information content (AvgIpc) is 2.41. The van der Waals surface area contributed by atoms with E-state index in [9.17, 15) is 4.79 Å². The van der Waals surface area contributed by atoms with Gasteiger partial charge in [0.15, 0.2) is 5.78 Å². The van der Waals surface area contributed by atoms with Gasteiger partial charge in [-0.2, -0.15) is 0 Å². The first kappa shape index (κ1) is 14.6. The SMILES string of the molecule is COc1c(C)cc(C(=O)c2cccc(Cl)c2C)cc1C. The molecule has 20 heavy (non-hydrogen) atoms. The summed E-state index contributed by atoms with van der Waals surface area (Å²) in [5, 5.41) is 0.609. The summed E-state index contributed by atoms with van der Waals surface area (Å²) in [4.78, 5) is 12.6. The number of hydrogen-bond donors (Lipinski definition) is 0. The summed E-state index contributed by atoms with van der Waals surface area (Å²) in [5.41, 5.74) is 4.02. The lowest BCUT2D eigenvalue weighted by Gasteiger charge is -2.12. The summed E-state index contributed by atoms with van der Waals surface area (Å²) in [6, 6.07) is 9.10. The Balaban J connectivity index is 2.52. The first-order chi connectivity index (χ1) is 9.45. The van der Waals surface area contributed by atoms with Crippen molar-refractivity contribution in [1.29, 1.82) is 0 Å². The molecule has 2 aromatic rings. The maximum Gasteiger partial charge on any atom is 0.193 e. The Morgan fingerprint density at radius 3 is 2.25 bits per heavy atom. The summed E-state index contributed by atoms with van der Waals surface area (Å²) in [5.74, 6) is 0.809. The van der Waals surface area contributed by atoms with Gasteiger partial charge in [-0.15, -0.1) is 0 Å². The first-order valence-electron chi connectivity index (χ1n) is 6.40. The minimum Gasteiger partial charge on any atom is -0.496 e. The molecule has 0 aromatic heterocycles. The molecule has 3 heteroatoms. The molecular formula is C17H17ClO2. The predicted octanol–water partition coefficient (Wildman–Crippen LogP) is 4.50. The molecule has 0 aliphatic carbocycles. The van der Waals surface area contributed by atoms with Crippen LogP contribution >= 0.6 is 11.6 Å². The van der Waals surface area contributed by atoms with Crippen LogP contribution in [0.15, 0.2) is 30.3 Å². The fourth-order valence-corrected chi connectivity index (χ4v) is 2.59. The van der Waals surface area contributed by atoms with Crippen molar-refractivity contribution in [1.82, 2.24) is 0 Å². The van der Waals surface area contributed by atoms with Crippen LogP contribution in [0.3, 0.4) is 0 Å². The molecule has 0 saturated carbocycles. The highest BCUT2D eigenvalue weighted by molar-refractivity contribution is 6.32. The van der Waals surface area contributed by atoms with Crippen molar-refractivity contribution in [3.63, 3.8) is 0 Å². The molecule has 0 fully saturated rings. The molecule has 2 rings (SSSR count). The van der Waals surface area contributed by atoms with Crippen molar-refractivity contribution in [3.8, 4) is 5.75 Å². The van der Waals surface area contributed by atoms with Gasteiger partial charge in [-0.3, -0.25) is 4.79 Å². The highest BCUT2D eigenvalue weighted by Gasteiger charge is 2.15. The molecule has 0 amide bonds. The van der Waals surface area contributed by atoms with E-state index in [4.69, 9.17) is 16.3 Å². The Morgan fingerprint density at radius 1 is 1.10 bits per heavy atom. The van der Waals surface area contributed by atoms with Crippen molar-refractivity contribution in [2.24, 2.45) is 0 Å². The van der Waals surface area contributed by atoms with E-state index >= 15 is 0 Å². The Kier molecular flexibility index (Phi) is 4.15. The minimum absolute atomic E-state index is 0.0150. The van der Waals surface area contributed by atoms with Gasteiger partial charge in [0, 0.05) is 16.1 Å². The van der Waals surface area contributed by atoms with Gasteiger partial charge in [-0.25, -0.2) is 0 Å². The maximum absolute atomic E-state index is 12.6. The van der Waals surface area contributed by atoms with Crippen LogP contribution in [0.25, 0.3) is 0 Å². The number of carbonyl (C=O) groups is 1. The van der Waals surface area contributed by atoms with Crippen molar-refractivity contribution in [2.45, 2.75) is 20.8 Å². The molecule has 0 atom stereocenters. The molecule has 0 saturated heterocycles. The van der Waals surface area contributed by atoms with Crippen LogP contribution in [-0.2, 0) is 0 Å². The molecule has 2 nitrogen and oxygen atoms in total. The number of ketones is 1. The Bertz CT molecular complexity index is 652. The third-order valence-electron chi connectivity index (χ3n) is 3.44. The summed E-state index contributed by atoms with van der Waals surface area (Å²) < 4.78 is 5.33. The predicted molar refractivity (Wildman–Crippen MR) is 82.1 cm³/mol. The zero-order valence-electron chi connectivity index (χ0n) is 12.1. The second-order valence-electron chi connectivity index (χ2n) is 4.88. The maximum atomic E-state index is 12.6.